The lowest BCUT2D eigenvalue weighted by molar-refractivity contribution is -0.146. The molecule has 0 aliphatic heterocycles. The van der Waals surface area contributed by atoms with Gasteiger partial charge in [0.25, 0.3) is 0 Å². The maximum Gasteiger partial charge on any atom is 0.323 e. The first-order chi connectivity index (χ1) is 25.8. The van der Waals surface area contributed by atoms with Crippen molar-refractivity contribution in [2.45, 2.75) is 84.2 Å². The molecular formula is C34H59N9O12. The topological polar surface area (TPSA) is 316 Å². The number of aliphatic carboxylic acids is 2. The van der Waals surface area contributed by atoms with Crippen LogP contribution in [0.3, 0.4) is 0 Å². The Morgan fingerprint density at radius 3 is 1.49 bits per heavy atom. The van der Waals surface area contributed by atoms with Gasteiger partial charge in [-0.25, -0.2) is 0 Å². The van der Waals surface area contributed by atoms with Crippen molar-refractivity contribution in [3.05, 3.63) is 0 Å². The van der Waals surface area contributed by atoms with Crippen molar-refractivity contribution in [3.63, 3.8) is 0 Å². The average molecular weight is 786 g/mol. The summed E-state index contributed by atoms with van der Waals surface area (Å²) in [7, 11) is 0. The molecule has 0 radical (unpaired) electrons. The van der Waals surface area contributed by atoms with E-state index in [1.54, 1.807) is 20.8 Å². The minimum atomic E-state index is -1.45. The summed E-state index contributed by atoms with van der Waals surface area (Å²) in [4.78, 5) is 126. The molecule has 2 atom stereocenters. The molecule has 0 aromatic rings. The van der Waals surface area contributed by atoms with Gasteiger partial charge in [0.05, 0.1) is 63.4 Å². The van der Waals surface area contributed by atoms with Gasteiger partial charge in [-0.15, -0.1) is 0 Å². The molecular weight excluding hydrogens is 726 g/mol. The molecule has 21 nitrogen and oxygen atoms in total. The molecule has 0 heterocycles. The van der Waals surface area contributed by atoms with E-state index in [1.165, 1.54) is 6.92 Å². The molecule has 0 bridgehead atoms. The van der Waals surface area contributed by atoms with Gasteiger partial charge in [0.15, 0.2) is 11.6 Å². The zero-order valence-corrected chi connectivity index (χ0v) is 32.5. The third kappa shape index (κ3) is 19.2. The summed E-state index contributed by atoms with van der Waals surface area (Å²) in [5.74, 6) is -8.21. The molecule has 21 heteroatoms. The summed E-state index contributed by atoms with van der Waals surface area (Å²) in [5.41, 5.74) is 2.42. The highest BCUT2D eigenvalue weighted by molar-refractivity contribution is 5.97. The lowest BCUT2D eigenvalue weighted by Gasteiger charge is -2.34. The molecule has 10 N–H and O–H groups in total. The molecule has 0 aliphatic carbocycles. The minimum Gasteiger partial charge on any atom is -0.480 e. The fourth-order valence-electron chi connectivity index (χ4n) is 5.08. The van der Waals surface area contributed by atoms with E-state index in [4.69, 9.17) is 5.73 Å². The van der Waals surface area contributed by atoms with Crippen molar-refractivity contribution in [2.24, 2.45) is 5.73 Å². The minimum absolute atomic E-state index is 0.0899. The van der Waals surface area contributed by atoms with Crippen LogP contribution in [-0.4, -0.2) is 162 Å². The van der Waals surface area contributed by atoms with E-state index in [-0.39, 0.29) is 38.3 Å². The summed E-state index contributed by atoms with van der Waals surface area (Å²) in [6.45, 7) is 3.07. The maximum absolute atomic E-state index is 13.7. The highest BCUT2D eigenvalue weighted by atomic mass is 16.4. The van der Waals surface area contributed by atoms with Gasteiger partial charge >= 0.3 is 11.9 Å². The first-order valence-electron chi connectivity index (χ1n) is 18.2. The van der Waals surface area contributed by atoms with Crippen LogP contribution >= 0.6 is 0 Å². The summed E-state index contributed by atoms with van der Waals surface area (Å²) < 4.78 is 0. The summed E-state index contributed by atoms with van der Waals surface area (Å²) in [6, 6.07) is 0. The fraction of sp³-hybridized carbons (Fsp3) is 0.706. The van der Waals surface area contributed by atoms with Crippen LogP contribution in [0.1, 0.15) is 73.1 Å². The Labute approximate surface area is 320 Å². The third-order valence-electron chi connectivity index (χ3n) is 8.75. The number of amides is 6. The van der Waals surface area contributed by atoms with Gasteiger partial charge in [-0.1, -0.05) is 40.5 Å². The first kappa shape index (κ1) is 50.0. The number of carboxylic acid groups (broad SMARTS) is 2. The van der Waals surface area contributed by atoms with Gasteiger partial charge in [0, 0.05) is 6.54 Å². The van der Waals surface area contributed by atoms with Gasteiger partial charge in [0.2, 0.25) is 35.4 Å². The van der Waals surface area contributed by atoms with Crippen molar-refractivity contribution in [3.8, 4) is 0 Å². The Balaban J connectivity index is 5.53. The fourth-order valence-corrected chi connectivity index (χ4v) is 5.08. The van der Waals surface area contributed by atoms with E-state index < -0.39 is 116 Å². The predicted molar refractivity (Wildman–Crippen MR) is 197 cm³/mol. The average Bonchev–Trinajstić information content (AvgIpc) is 3.14. The van der Waals surface area contributed by atoms with Crippen LogP contribution in [0.15, 0.2) is 0 Å². The number of hydrogen-bond donors (Lipinski definition) is 9. The second-order valence-corrected chi connectivity index (χ2v) is 12.9. The number of rotatable bonds is 30. The van der Waals surface area contributed by atoms with Crippen molar-refractivity contribution in [2.75, 3.05) is 72.0 Å². The standard InChI is InChI=1S/C34H59N9O12/c1-6-10-12-36-26(47)14-37-28(49)16-41-34(9-4,11-7-2)24(45)20-43(22-32(54)55)30(51)18-39-27(48)15-40-33(5,8-3)23(44)19-42(21-31(52)53)29(50)17-38-25(46)13-35/h40-41H,6-22,35H2,1-5H3,(H,36,47)(H,37,49)(H,38,46)(H,39,48)(H,52,53)(H,54,55). The van der Waals surface area contributed by atoms with Crippen LogP contribution in [0.25, 0.3) is 0 Å². The SMILES string of the molecule is CCCCNC(=O)CNC(=O)CNC(CC)(CCC)C(=O)CN(CC(=O)O)C(=O)CNC(=O)CNC(C)(CC)C(=O)CN(CC(=O)O)C(=O)CNC(=O)CN. The lowest BCUT2D eigenvalue weighted by atomic mass is 9.85. The zero-order chi connectivity index (χ0) is 42.2. The van der Waals surface area contributed by atoms with Crippen LogP contribution in [-0.2, 0) is 47.9 Å². The smallest absolute Gasteiger partial charge is 0.323 e. The Morgan fingerprint density at radius 1 is 0.564 bits per heavy atom. The molecule has 0 fully saturated rings. The second kappa shape index (κ2) is 25.9. The molecule has 0 aromatic heterocycles. The summed E-state index contributed by atoms with van der Waals surface area (Å²) in [6.07, 6.45) is 2.68. The number of unbranched alkanes of at least 4 members (excludes halogenated alkanes) is 1. The molecule has 6 amide bonds. The quantitative estimate of drug-likeness (QED) is 0.0319. The Morgan fingerprint density at radius 2 is 1.04 bits per heavy atom. The number of nitrogens with one attached hydrogen (secondary N) is 6. The monoisotopic (exact) mass is 785 g/mol. The van der Waals surface area contributed by atoms with Gasteiger partial charge in [-0.2, -0.15) is 0 Å². The third-order valence-corrected chi connectivity index (χ3v) is 8.75. The highest BCUT2D eigenvalue weighted by Crippen LogP contribution is 2.20. The molecule has 0 spiro atoms. The summed E-state index contributed by atoms with van der Waals surface area (Å²) in [5, 5.41) is 34.1. The van der Waals surface area contributed by atoms with Gasteiger partial charge in [-0.3, -0.25) is 58.6 Å². The first-order valence-corrected chi connectivity index (χ1v) is 18.2. The lowest BCUT2D eigenvalue weighted by Crippen LogP contribution is -2.58. The number of carbonyl (C=O) groups is 10. The number of nitrogens with two attached hydrogens (primary N) is 1. The molecule has 0 aromatic carbocycles. The van der Waals surface area contributed by atoms with Gasteiger partial charge < -0.3 is 47.0 Å². The van der Waals surface area contributed by atoms with Crippen LogP contribution < -0.4 is 37.6 Å². The van der Waals surface area contributed by atoms with Crippen LogP contribution in [0.2, 0.25) is 0 Å². The number of hydrogen-bond acceptors (Lipinski definition) is 13. The Hall–Kier alpha value is -5.02. The van der Waals surface area contributed by atoms with Crippen molar-refractivity contribution in [1.82, 2.24) is 41.7 Å². The van der Waals surface area contributed by atoms with E-state index >= 15 is 0 Å². The Kier molecular flexibility index (Phi) is 23.5. The summed E-state index contributed by atoms with van der Waals surface area (Å²) >= 11 is 0. The van der Waals surface area contributed by atoms with Crippen molar-refractivity contribution < 1.29 is 58.2 Å². The highest BCUT2D eigenvalue weighted by Gasteiger charge is 2.38. The van der Waals surface area contributed by atoms with E-state index in [1.807, 2.05) is 6.92 Å². The number of nitrogens with zero attached hydrogens (tertiary/aromatic N) is 2. The molecule has 55 heavy (non-hydrogen) atoms. The largest absolute Gasteiger partial charge is 0.480 e. The van der Waals surface area contributed by atoms with E-state index in [2.05, 4.69) is 31.9 Å². The van der Waals surface area contributed by atoms with Gasteiger partial charge in [0.1, 0.15) is 13.1 Å². The maximum atomic E-state index is 13.7. The number of ketones is 2. The normalized spacial score (nSPS) is 12.9. The van der Waals surface area contributed by atoms with E-state index in [0.29, 0.717) is 13.0 Å². The van der Waals surface area contributed by atoms with Crippen molar-refractivity contribution in [1.29, 1.82) is 0 Å². The van der Waals surface area contributed by atoms with E-state index in [9.17, 15) is 58.2 Å². The van der Waals surface area contributed by atoms with Crippen LogP contribution in [0, 0.1) is 0 Å². The molecule has 312 valence electrons. The van der Waals surface area contributed by atoms with Gasteiger partial charge in [-0.05, 0) is 32.6 Å². The molecule has 0 aliphatic rings. The molecule has 0 rings (SSSR count). The predicted octanol–water partition coefficient (Wildman–Crippen LogP) is -3.53. The van der Waals surface area contributed by atoms with E-state index in [0.717, 1.165) is 22.6 Å². The number of carboxylic acids is 2. The Bertz CT molecular complexity index is 1380. The number of carbonyl (C=O) groups excluding carboxylic acids is 8. The molecule has 0 saturated heterocycles. The molecule has 2 unspecified atom stereocenters. The van der Waals surface area contributed by atoms with Crippen LogP contribution in [0.4, 0.5) is 0 Å². The number of Topliss-reactive ketones (excluding diaryl/α,β-unsaturated/α-hetero) is 2. The van der Waals surface area contributed by atoms with Crippen LogP contribution in [0.5, 0.6) is 0 Å². The molecule has 0 saturated carbocycles. The zero-order valence-electron chi connectivity index (χ0n) is 32.5. The van der Waals surface area contributed by atoms with Crippen molar-refractivity contribution >= 4 is 58.9 Å². The second-order valence-electron chi connectivity index (χ2n) is 12.9.